The summed E-state index contributed by atoms with van der Waals surface area (Å²) in [6.07, 6.45) is 0. The van der Waals surface area contributed by atoms with Gasteiger partial charge in [0.2, 0.25) is 0 Å². The van der Waals surface area contributed by atoms with E-state index in [-0.39, 0.29) is 0 Å². The number of hydrogen-bond donors (Lipinski definition) is 2. The van der Waals surface area contributed by atoms with Gasteiger partial charge >= 0.3 is 0 Å². The standard InChI is InChI=1S/C14H18N2O2/c1-8-6-14(17)9(2)5-13(8)15-7-12-10(3)16-18-11(12)4/h5-6,15,17H,7H2,1-4H3. The Kier molecular flexibility index (Phi) is 3.28. The summed E-state index contributed by atoms with van der Waals surface area (Å²) in [4.78, 5) is 0. The predicted octanol–water partition coefficient (Wildman–Crippen LogP) is 3.23. The summed E-state index contributed by atoms with van der Waals surface area (Å²) >= 11 is 0. The summed E-state index contributed by atoms with van der Waals surface area (Å²) in [5, 5.41) is 16.9. The zero-order chi connectivity index (χ0) is 13.3. The first-order valence-corrected chi connectivity index (χ1v) is 5.95. The second-order valence-electron chi connectivity index (χ2n) is 4.61. The van der Waals surface area contributed by atoms with E-state index in [0.717, 1.165) is 33.8 Å². The van der Waals surface area contributed by atoms with Crippen LogP contribution in [0.3, 0.4) is 0 Å². The van der Waals surface area contributed by atoms with Crippen molar-refractivity contribution < 1.29 is 9.63 Å². The number of phenols is 1. The Hall–Kier alpha value is -1.97. The normalized spacial score (nSPS) is 10.7. The summed E-state index contributed by atoms with van der Waals surface area (Å²) in [6.45, 7) is 8.37. The third kappa shape index (κ3) is 2.32. The summed E-state index contributed by atoms with van der Waals surface area (Å²) in [5.41, 5.74) is 4.89. The van der Waals surface area contributed by atoms with Gasteiger partial charge in [-0.05, 0) is 51.0 Å². The van der Waals surface area contributed by atoms with Crippen LogP contribution in [0.2, 0.25) is 0 Å². The lowest BCUT2D eigenvalue weighted by atomic mass is 10.1. The number of nitrogens with one attached hydrogen (secondary N) is 1. The predicted molar refractivity (Wildman–Crippen MR) is 70.9 cm³/mol. The average Bonchev–Trinajstić information content (AvgIpc) is 2.62. The quantitative estimate of drug-likeness (QED) is 0.816. The molecule has 0 aliphatic carbocycles. The van der Waals surface area contributed by atoms with E-state index in [4.69, 9.17) is 4.52 Å². The molecular weight excluding hydrogens is 228 g/mol. The highest BCUT2D eigenvalue weighted by molar-refractivity contribution is 5.56. The van der Waals surface area contributed by atoms with Gasteiger partial charge in [-0.2, -0.15) is 0 Å². The third-order valence-electron chi connectivity index (χ3n) is 3.18. The van der Waals surface area contributed by atoms with Gasteiger partial charge in [0.15, 0.2) is 0 Å². The number of nitrogens with zero attached hydrogens (tertiary/aromatic N) is 1. The maximum absolute atomic E-state index is 9.61. The molecule has 0 saturated heterocycles. The van der Waals surface area contributed by atoms with E-state index < -0.39 is 0 Å². The molecule has 0 aliphatic heterocycles. The Morgan fingerprint density at radius 1 is 1.17 bits per heavy atom. The first-order valence-electron chi connectivity index (χ1n) is 5.95. The number of anilines is 1. The van der Waals surface area contributed by atoms with Crippen LogP contribution in [0.4, 0.5) is 5.69 Å². The Morgan fingerprint density at radius 2 is 1.89 bits per heavy atom. The maximum atomic E-state index is 9.61. The molecular formula is C14H18N2O2. The second-order valence-corrected chi connectivity index (χ2v) is 4.61. The number of aromatic hydroxyl groups is 1. The molecule has 4 nitrogen and oxygen atoms in total. The second kappa shape index (κ2) is 4.72. The molecule has 1 aromatic carbocycles. The zero-order valence-corrected chi connectivity index (χ0v) is 11.2. The van der Waals surface area contributed by atoms with E-state index in [0.29, 0.717) is 12.3 Å². The molecule has 96 valence electrons. The monoisotopic (exact) mass is 246 g/mol. The molecule has 2 N–H and O–H groups in total. The highest BCUT2D eigenvalue weighted by Gasteiger charge is 2.09. The van der Waals surface area contributed by atoms with Gasteiger partial charge in [0.25, 0.3) is 0 Å². The molecule has 2 aromatic rings. The molecule has 0 atom stereocenters. The maximum Gasteiger partial charge on any atom is 0.138 e. The molecule has 18 heavy (non-hydrogen) atoms. The topological polar surface area (TPSA) is 58.3 Å². The molecule has 0 amide bonds. The minimum atomic E-state index is 0.329. The van der Waals surface area contributed by atoms with Gasteiger partial charge in [-0.1, -0.05) is 5.16 Å². The average molecular weight is 246 g/mol. The molecule has 2 rings (SSSR count). The number of rotatable bonds is 3. The SMILES string of the molecule is Cc1cc(NCc2c(C)noc2C)c(C)cc1O. The van der Waals surface area contributed by atoms with E-state index >= 15 is 0 Å². The van der Waals surface area contributed by atoms with Crippen molar-refractivity contribution in [2.75, 3.05) is 5.32 Å². The smallest absolute Gasteiger partial charge is 0.138 e. The van der Waals surface area contributed by atoms with Crippen LogP contribution in [0.15, 0.2) is 16.7 Å². The Bertz CT molecular complexity index is 554. The number of benzene rings is 1. The minimum Gasteiger partial charge on any atom is -0.508 e. The first-order chi connectivity index (χ1) is 8.49. The number of aryl methyl sites for hydroxylation is 4. The van der Waals surface area contributed by atoms with Crippen LogP contribution in [-0.2, 0) is 6.54 Å². The van der Waals surface area contributed by atoms with Crippen LogP contribution in [0.1, 0.15) is 28.1 Å². The summed E-state index contributed by atoms with van der Waals surface area (Å²) in [7, 11) is 0. The van der Waals surface area contributed by atoms with Gasteiger partial charge in [-0.15, -0.1) is 0 Å². The van der Waals surface area contributed by atoms with Crippen LogP contribution in [0.25, 0.3) is 0 Å². The van der Waals surface area contributed by atoms with Gasteiger partial charge < -0.3 is 14.9 Å². The van der Waals surface area contributed by atoms with Gasteiger partial charge in [0, 0.05) is 17.8 Å². The van der Waals surface area contributed by atoms with Crippen molar-refractivity contribution in [1.29, 1.82) is 0 Å². The lowest BCUT2D eigenvalue weighted by molar-refractivity contribution is 0.392. The Balaban J connectivity index is 2.18. The molecule has 4 heteroatoms. The van der Waals surface area contributed by atoms with Gasteiger partial charge in [0.1, 0.15) is 11.5 Å². The van der Waals surface area contributed by atoms with Crippen molar-refractivity contribution >= 4 is 5.69 Å². The van der Waals surface area contributed by atoms with E-state index in [9.17, 15) is 5.11 Å². The van der Waals surface area contributed by atoms with Crippen molar-refractivity contribution in [3.63, 3.8) is 0 Å². The molecule has 0 spiro atoms. The van der Waals surface area contributed by atoms with E-state index in [2.05, 4.69) is 10.5 Å². The van der Waals surface area contributed by atoms with Crippen LogP contribution >= 0.6 is 0 Å². The van der Waals surface area contributed by atoms with Crippen LogP contribution in [0.5, 0.6) is 5.75 Å². The van der Waals surface area contributed by atoms with Crippen molar-refractivity contribution in [2.24, 2.45) is 0 Å². The third-order valence-corrected chi connectivity index (χ3v) is 3.18. The lowest BCUT2D eigenvalue weighted by Gasteiger charge is -2.11. The van der Waals surface area contributed by atoms with Crippen molar-refractivity contribution in [3.05, 3.63) is 40.3 Å². The minimum absolute atomic E-state index is 0.329. The Morgan fingerprint density at radius 3 is 2.50 bits per heavy atom. The van der Waals surface area contributed by atoms with Crippen molar-refractivity contribution in [1.82, 2.24) is 5.16 Å². The molecule has 0 aliphatic rings. The highest BCUT2D eigenvalue weighted by atomic mass is 16.5. The fourth-order valence-electron chi connectivity index (χ4n) is 1.93. The fraction of sp³-hybridized carbons (Fsp3) is 0.357. The number of aromatic nitrogens is 1. The molecule has 1 heterocycles. The van der Waals surface area contributed by atoms with E-state index in [1.54, 1.807) is 6.07 Å². The fourth-order valence-corrected chi connectivity index (χ4v) is 1.93. The van der Waals surface area contributed by atoms with Crippen LogP contribution in [-0.4, -0.2) is 10.3 Å². The van der Waals surface area contributed by atoms with Crippen molar-refractivity contribution in [3.8, 4) is 5.75 Å². The van der Waals surface area contributed by atoms with E-state index in [1.807, 2.05) is 33.8 Å². The van der Waals surface area contributed by atoms with Gasteiger partial charge in [-0.3, -0.25) is 0 Å². The van der Waals surface area contributed by atoms with Gasteiger partial charge in [-0.25, -0.2) is 0 Å². The lowest BCUT2D eigenvalue weighted by Crippen LogP contribution is -2.03. The molecule has 1 aromatic heterocycles. The molecule has 0 bridgehead atoms. The van der Waals surface area contributed by atoms with Crippen LogP contribution in [0, 0.1) is 27.7 Å². The highest BCUT2D eigenvalue weighted by Crippen LogP contribution is 2.25. The van der Waals surface area contributed by atoms with Crippen molar-refractivity contribution in [2.45, 2.75) is 34.2 Å². The zero-order valence-electron chi connectivity index (χ0n) is 11.2. The molecule has 0 fully saturated rings. The number of phenolic OH excluding ortho intramolecular Hbond substituents is 1. The molecule has 0 radical (unpaired) electrons. The first kappa shape index (κ1) is 12.5. The molecule has 0 unspecified atom stereocenters. The molecule has 0 saturated carbocycles. The Labute approximate surface area is 107 Å². The summed E-state index contributed by atoms with van der Waals surface area (Å²) in [5.74, 6) is 1.17. The largest absolute Gasteiger partial charge is 0.508 e. The van der Waals surface area contributed by atoms with Gasteiger partial charge in [0.05, 0.1) is 5.69 Å². The van der Waals surface area contributed by atoms with Crippen LogP contribution < -0.4 is 5.32 Å². The summed E-state index contributed by atoms with van der Waals surface area (Å²) < 4.78 is 5.13. The summed E-state index contributed by atoms with van der Waals surface area (Å²) in [6, 6.07) is 3.72. The van der Waals surface area contributed by atoms with E-state index in [1.165, 1.54) is 0 Å². The number of hydrogen-bond acceptors (Lipinski definition) is 4.